The molecule has 1 fully saturated rings. The van der Waals surface area contributed by atoms with Crippen molar-refractivity contribution in [3.63, 3.8) is 0 Å². The smallest absolute Gasteiger partial charge is 0.341 e. The van der Waals surface area contributed by atoms with Gasteiger partial charge in [0.25, 0.3) is 5.91 Å². The maximum absolute atomic E-state index is 12.8. The average molecular weight is 363 g/mol. The molecule has 1 aromatic rings. The van der Waals surface area contributed by atoms with Crippen LogP contribution in [0.4, 0.5) is 5.69 Å². The van der Waals surface area contributed by atoms with Crippen LogP contribution in [0.15, 0.2) is 18.2 Å². The van der Waals surface area contributed by atoms with Gasteiger partial charge < -0.3 is 19.5 Å². The second-order valence-electron chi connectivity index (χ2n) is 7.00. The van der Waals surface area contributed by atoms with E-state index in [-0.39, 0.29) is 5.91 Å². The van der Waals surface area contributed by atoms with E-state index >= 15 is 0 Å². The molecule has 1 aromatic carbocycles. The molecule has 0 heterocycles. The Bertz CT molecular complexity index is 635. The Labute approximate surface area is 155 Å². The van der Waals surface area contributed by atoms with Gasteiger partial charge in [0.15, 0.2) is 0 Å². The second-order valence-corrected chi connectivity index (χ2v) is 7.00. The number of hydrogen-bond acceptors (Lipinski definition) is 5. The minimum Gasteiger partial charge on any atom is -0.492 e. The summed E-state index contributed by atoms with van der Waals surface area (Å²) in [5.41, 5.74) is 0.0496. The summed E-state index contributed by atoms with van der Waals surface area (Å²) in [5, 5.41) is 2.89. The fourth-order valence-electron chi connectivity index (χ4n) is 3.16. The number of methoxy groups -OCH3 is 1. The zero-order valence-corrected chi connectivity index (χ0v) is 16.1. The minimum atomic E-state index is -0.771. The maximum atomic E-state index is 12.8. The predicted molar refractivity (Wildman–Crippen MR) is 99.6 cm³/mol. The van der Waals surface area contributed by atoms with Gasteiger partial charge in [-0.05, 0) is 56.7 Å². The number of ether oxygens (including phenoxy) is 3. The van der Waals surface area contributed by atoms with Crippen LogP contribution < -0.4 is 10.1 Å². The fraction of sp³-hybridized carbons (Fsp3) is 0.600. The number of carbonyl (C=O) groups is 2. The number of benzene rings is 1. The van der Waals surface area contributed by atoms with Gasteiger partial charge >= 0.3 is 5.97 Å². The standard InChI is InChI=1S/C20H29NO5/c1-5-26-20(10-6-7-11-20)19(23)21-15-8-9-17(25-13-14(2)3)16(12-15)18(22)24-4/h8-9,12,14H,5-7,10-11,13H2,1-4H3,(H,21,23). The summed E-state index contributed by atoms with van der Waals surface area (Å²) in [7, 11) is 1.32. The van der Waals surface area contributed by atoms with Crippen LogP contribution in [0.2, 0.25) is 0 Å². The van der Waals surface area contributed by atoms with E-state index in [9.17, 15) is 9.59 Å². The lowest BCUT2D eigenvalue weighted by atomic mass is 10.0. The molecule has 0 aromatic heterocycles. The molecule has 0 bridgehead atoms. The molecule has 2 rings (SSSR count). The Hall–Kier alpha value is -2.08. The summed E-state index contributed by atoms with van der Waals surface area (Å²) in [4.78, 5) is 24.9. The van der Waals surface area contributed by atoms with Gasteiger partial charge in [0.05, 0.1) is 13.7 Å². The third-order valence-corrected chi connectivity index (χ3v) is 4.46. The van der Waals surface area contributed by atoms with Crippen molar-refractivity contribution in [1.29, 1.82) is 0 Å². The molecule has 0 atom stereocenters. The number of amides is 1. The first-order chi connectivity index (χ1) is 12.4. The molecule has 1 aliphatic carbocycles. The molecule has 26 heavy (non-hydrogen) atoms. The Morgan fingerprint density at radius 3 is 2.50 bits per heavy atom. The van der Waals surface area contributed by atoms with Crippen LogP contribution in [0, 0.1) is 5.92 Å². The van der Waals surface area contributed by atoms with Gasteiger partial charge in [0.1, 0.15) is 16.9 Å². The highest BCUT2D eigenvalue weighted by Crippen LogP contribution is 2.35. The summed E-state index contributed by atoms with van der Waals surface area (Å²) in [6.07, 6.45) is 3.38. The monoisotopic (exact) mass is 363 g/mol. The van der Waals surface area contributed by atoms with Gasteiger partial charge in [-0.2, -0.15) is 0 Å². The van der Waals surface area contributed by atoms with E-state index in [2.05, 4.69) is 5.32 Å². The van der Waals surface area contributed by atoms with Crippen molar-refractivity contribution in [3.05, 3.63) is 23.8 Å². The Balaban J connectivity index is 2.21. The largest absolute Gasteiger partial charge is 0.492 e. The van der Waals surface area contributed by atoms with Gasteiger partial charge in [0.2, 0.25) is 0 Å². The lowest BCUT2D eigenvalue weighted by Gasteiger charge is -2.27. The van der Waals surface area contributed by atoms with Crippen LogP contribution in [0.1, 0.15) is 56.8 Å². The molecule has 6 heteroatoms. The molecule has 1 N–H and O–H groups in total. The predicted octanol–water partition coefficient (Wildman–Crippen LogP) is 3.80. The highest BCUT2D eigenvalue weighted by Gasteiger charge is 2.42. The van der Waals surface area contributed by atoms with Gasteiger partial charge in [-0.25, -0.2) is 4.79 Å². The van der Waals surface area contributed by atoms with E-state index in [1.54, 1.807) is 18.2 Å². The van der Waals surface area contributed by atoms with Crippen LogP contribution >= 0.6 is 0 Å². The van der Waals surface area contributed by atoms with Crippen LogP contribution in [0.3, 0.4) is 0 Å². The van der Waals surface area contributed by atoms with Crippen LogP contribution in [-0.2, 0) is 14.3 Å². The van der Waals surface area contributed by atoms with Crippen molar-refractivity contribution in [2.24, 2.45) is 5.92 Å². The summed E-state index contributed by atoms with van der Waals surface area (Å²) in [6, 6.07) is 5.01. The second kappa shape index (κ2) is 9.03. The lowest BCUT2D eigenvalue weighted by molar-refractivity contribution is -0.140. The maximum Gasteiger partial charge on any atom is 0.341 e. The molecule has 1 amide bonds. The molecule has 144 valence electrons. The van der Waals surface area contributed by atoms with Gasteiger partial charge in [0, 0.05) is 12.3 Å². The molecule has 0 radical (unpaired) electrons. The zero-order chi connectivity index (χ0) is 19.2. The highest BCUT2D eigenvalue weighted by atomic mass is 16.5. The highest BCUT2D eigenvalue weighted by molar-refractivity contribution is 5.99. The quantitative estimate of drug-likeness (QED) is 0.711. The van der Waals surface area contributed by atoms with Crippen molar-refractivity contribution < 1.29 is 23.8 Å². The van der Waals surface area contributed by atoms with Crippen LogP contribution in [-0.4, -0.2) is 37.8 Å². The van der Waals surface area contributed by atoms with E-state index in [0.29, 0.717) is 49.0 Å². The van der Waals surface area contributed by atoms with Crippen LogP contribution in [0.5, 0.6) is 5.75 Å². The number of nitrogens with one attached hydrogen (secondary N) is 1. The molecule has 0 unspecified atom stereocenters. The van der Waals surface area contributed by atoms with Gasteiger partial charge in [-0.3, -0.25) is 4.79 Å². The van der Waals surface area contributed by atoms with Crippen molar-refractivity contribution in [2.75, 3.05) is 25.6 Å². The van der Waals surface area contributed by atoms with Gasteiger partial charge in [-0.1, -0.05) is 13.8 Å². The molecule has 0 saturated heterocycles. The molecule has 0 aliphatic heterocycles. The summed E-state index contributed by atoms with van der Waals surface area (Å²) >= 11 is 0. The third-order valence-electron chi connectivity index (χ3n) is 4.46. The lowest BCUT2D eigenvalue weighted by Crippen LogP contribution is -2.43. The topological polar surface area (TPSA) is 73.9 Å². The van der Waals surface area contributed by atoms with E-state index in [1.807, 2.05) is 20.8 Å². The first-order valence-electron chi connectivity index (χ1n) is 9.22. The third kappa shape index (κ3) is 4.75. The summed E-state index contributed by atoms with van der Waals surface area (Å²) < 4.78 is 16.3. The fourth-order valence-corrected chi connectivity index (χ4v) is 3.16. The number of anilines is 1. The normalized spacial score (nSPS) is 15.7. The number of rotatable bonds is 8. The van der Waals surface area contributed by atoms with E-state index in [4.69, 9.17) is 14.2 Å². The van der Waals surface area contributed by atoms with Crippen molar-refractivity contribution in [3.8, 4) is 5.75 Å². The van der Waals surface area contributed by atoms with E-state index < -0.39 is 11.6 Å². The Morgan fingerprint density at radius 2 is 1.92 bits per heavy atom. The van der Waals surface area contributed by atoms with Crippen molar-refractivity contribution in [1.82, 2.24) is 0 Å². The molecule has 1 saturated carbocycles. The van der Waals surface area contributed by atoms with Crippen molar-refractivity contribution in [2.45, 2.75) is 52.1 Å². The Morgan fingerprint density at radius 1 is 1.23 bits per heavy atom. The Kier molecular flexibility index (Phi) is 7.03. The number of hydrogen-bond donors (Lipinski definition) is 1. The number of esters is 1. The zero-order valence-electron chi connectivity index (χ0n) is 16.1. The van der Waals surface area contributed by atoms with E-state index in [1.165, 1.54) is 7.11 Å². The van der Waals surface area contributed by atoms with Crippen LogP contribution in [0.25, 0.3) is 0 Å². The molecule has 0 spiro atoms. The summed E-state index contributed by atoms with van der Waals surface area (Å²) in [5.74, 6) is 0.112. The summed E-state index contributed by atoms with van der Waals surface area (Å²) in [6.45, 7) is 6.93. The minimum absolute atomic E-state index is 0.163. The molecule has 6 nitrogen and oxygen atoms in total. The molecule has 1 aliphatic rings. The first kappa shape index (κ1) is 20.2. The number of carbonyl (C=O) groups excluding carboxylic acids is 2. The molecular formula is C20H29NO5. The first-order valence-corrected chi connectivity index (χ1v) is 9.22. The van der Waals surface area contributed by atoms with E-state index in [0.717, 1.165) is 12.8 Å². The SMILES string of the molecule is CCOC1(C(=O)Nc2ccc(OCC(C)C)c(C(=O)OC)c2)CCCC1. The average Bonchev–Trinajstić information content (AvgIpc) is 3.10. The van der Waals surface area contributed by atoms with Gasteiger partial charge in [-0.15, -0.1) is 0 Å². The molecular weight excluding hydrogens is 334 g/mol. The van der Waals surface area contributed by atoms with Crippen molar-refractivity contribution >= 4 is 17.6 Å².